The number of carboxylic acids is 1. The van der Waals surface area contributed by atoms with E-state index in [2.05, 4.69) is 26.8 Å². The molecule has 1 saturated heterocycles. The number of hydrogen-bond acceptors (Lipinski definition) is 10. The number of hydrogen-bond donors (Lipinski definition) is 2. The minimum atomic E-state index is -1.29. The quantitative estimate of drug-likeness (QED) is 0.173. The number of likely N-dealkylation sites (N-methyl/N-ethyl adjacent to an activating group) is 1. The zero-order valence-electron chi connectivity index (χ0n) is 25.8. The molecule has 1 atom stereocenters. The summed E-state index contributed by atoms with van der Waals surface area (Å²) >= 11 is 8.45. The van der Waals surface area contributed by atoms with E-state index >= 15 is 0 Å². The topological polar surface area (TPSA) is 117 Å². The zero-order chi connectivity index (χ0) is 31.9. The van der Waals surface area contributed by atoms with E-state index in [0.717, 1.165) is 60.7 Å². The highest BCUT2D eigenvalue weighted by atomic mass is 35.5. The Labute approximate surface area is 272 Å². The van der Waals surface area contributed by atoms with Gasteiger partial charge in [0.05, 0.1) is 10.4 Å². The summed E-state index contributed by atoms with van der Waals surface area (Å²) in [6.07, 6.45) is 1.54. The normalized spacial score (nSPS) is 14.9. The third-order valence-corrected chi connectivity index (χ3v) is 9.71. The first-order valence-corrected chi connectivity index (χ1v) is 16.2. The molecule has 4 aromatic rings. The van der Waals surface area contributed by atoms with Crippen LogP contribution in [0, 0.1) is 6.92 Å². The Hall–Kier alpha value is -3.48. The number of carbonyl (C=O) groups is 1. The van der Waals surface area contributed by atoms with Gasteiger partial charge in [-0.05, 0) is 55.6 Å². The third kappa shape index (κ3) is 7.85. The molecule has 0 aliphatic carbocycles. The second kappa shape index (κ2) is 15.2. The first-order valence-electron chi connectivity index (χ1n) is 15.0. The summed E-state index contributed by atoms with van der Waals surface area (Å²) < 4.78 is 17.6. The number of thiophene rings is 1. The highest BCUT2D eigenvalue weighted by molar-refractivity contribution is 7.19. The molecular weight excluding hydrogens is 616 g/mol. The maximum absolute atomic E-state index is 12.3. The number of halogens is 1. The number of rotatable bonds is 14. The second-order valence-electron chi connectivity index (χ2n) is 11.2. The molecule has 0 unspecified atom stereocenters. The van der Waals surface area contributed by atoms with Crippen LogP contribution in [-0.4, -0.2) is 102 Å². The van der Waals surface area contributed by atoms with Crippen LogP contribution < -0.4 is 9.47 Å². The van der Waals surface area contributed by atoms with Gasteiger partial charge in [-0.1, -0.05) is 35.9 Å². The second-order valence-corrected chi connectivity index (χ2v) is 12.6. The van der Waals surface area contributed by atoms with Crippen LogP contribution >= 0.6 is 22.9 Å². The predicted octanol–water partition coefficient (Wildman–Crippen LogP) is 5.31. The molecule has 0 spiro atoms. The Morgan fingerprint density at radius 1 is 1.11 bits per heavy atom. The number of aliphatic carboxylic acids is 1. The van der Waals surface area contributed by atoms with E-state index in [0.29, 0.717) is 46.2 Å². The molecule has 0 bridgehead atoms. The molecule has 12 heteroatoms. The van der Waals surface area contributed by atoms with E-state index in [1.54, 1.807) is 25.3 Å². The summed E-state index contributed by atoms with van der Waals surface area (Å²) in [5.41, 5.74) is 3.03. The fourth-order valence-corrected chi connectivity index (χ4v) is 6.88. The molecule has 10 nitrogen and oxygen atoms in total. The van der Waals surface area contributed by atoms with Crippen molar-refractivity contribution in [3.05, 3.63) is 63.8 Å². The smallest absolute Gasteiger partial charge is 0.345 e. The number of phenols is 1. The van der Waals surface area contributed by atoms with Crippen molar-refractivity contribution < 1.29 is 29.2 Å². The first-order chi connectivity index (χ1) is 21.8. The van der Waals surface area contributed by atoms with Gasteiger partial charge in [-0.25, -0.2) is 14.8 Å². The van der Waals surface area contributed by atoms with Gasteiger partial charge in [-0.15, -0.1) is 11.3 Å². The highest BCUT2D eigenvalue weighted by Crippen LogP contribution is 2.46. The zero-order valence-corrected chi connectivity index (χ0v) is 27.4. The molecule has 0 saturated carbocycles. The molecule has 1 aliphatic heterocycles. The number of carboxylic acid groups (broad SMARTS) is 1. The van der Waals surface area contributed by atoms with E-state index < -0.39 is 12.1 Å². The minimum absolute atomic E-state index is 0.00736. The number of aromatic hydroxyl groups is 1. The van der Waals surface area contributed by atoms with Crippen LogP contribution in [0.3, 0.4) is 0 Å². The number of para-hydroxylation sites is 1. The fraction of sp³-hybridized carbons (Fsp3) is 0.424. The van der Waals surface area contributed by atoms with Gasteiger partial charge in [-0.2, -0.15) is 0 Å². The van der Waals surface area contributed by atoms with Gasteiger partial charge >= 0.3 is 5.97 Å². The number of benzene rings is 2. The number of aryl methyl sites for hydroxylation is 1. The average molecular weight is 655 g/mol. The van der Waals surface area contributed by atoms with Gasteiger partial charge < -0.3 is 29.3 Å². The summed E-state index contributed by atoms with van der Waals surface area (Å²) in [6.45, 7) is 8.04. The molecule has 3 heterocycles. The number of piperazine rings is 1. The summed E-state index contributed by atoms with van der Waals surface area (Å²) in [6, 6.07) is 10.5. The number of fused-ring (bicyclic) bond motifs is 1. The summed E-state index contributed by atoms with van der Waals surface area (Å²) in [7, 11) is 3.81. The van der Waals surface area contributed by atoms with Crippen LogP contribution in [0.2, 0.25) is 5.02 Å². The van der Waals surface area contributed by atoms with Gasteiger partial charge in [0, 0.05) is 63.3 Å². The van der Waals surface area contributed by atoms with Crippen molar-refractivity contribution in [2.45, 2.75) is 32.3 Å². The molecule has 5 rings (SSSR count). The Kier molecular flexibility index (Phi) is 11.1. The molecule has 0 amide bonds. The standard InChI is InChI=1S/C33H39ClN4O6S/c1-21-23(10-11-25(30(21)34)43-18-16-38-14-12-37(2)13-15-38)28-27(9-6-17-42-3)45-32-29(28)31(35-20-36-32)44-26(33(40)41)19-22-7-4-5-8-24(22)39/h4-5,7-8,10-11,20,26,39H,6,9,12-19H2,1-3H3,(H,40,41)/t26-/m1/s1. The molecule has 1 aliphatic rings. The number of methoxy groups -OCH3 is 1. The molecular formula is C33H39ClN4O6S. The number of ether oxygens (including phenoxy) is 3. The first kappa shape index (κ1) is 32.9. The van der Waals surface area contributed by atoms with E-state index in [1.807, 2.05) is 19.1 Å². The highest BCUT2D eigenvalue weighted by Gasteiger charge is 2.27. The molecule has 2 aromatic carbocycles. The monoisotopic (exact) mass is 654 g/mol. The van der Waals surface area contributed by atoms with Crippen molar-refractivity contribution >= 4 is 39.1 Å². The third-order valence-electron chi connectivity index (χ3n) is 8.09. The van der Waals surface area contributed by atoms with Crippen molar-refractivity contribution in [2.75, 3.05) is 60.1 Å². The van der Waals surface area contributed by atoms with Crippen molar-refractivity contribution in [3.8, 4) is 28.5 Å². The lowest BCUT2D eigenvalue weighted by Gasteiger charge is -2.32. The van der Waals surface area contributed by atoms with Crippen LogP contribution in [0.1, 0.15) is 22.4 Å². The van der Waals surface area contributed by atoms with Crippen LogP contribution in [0.15, 0.2) is 42.7 Å². The fourth-order valence-electron chi connectivity index (χ4n) is 5.48. The Bertz CT molecular complexity index is 1620. The molecule has 2 aromatic heterocycles. The number of phenolic OH excluding ortho intramolecular Hbond substituents is 1. The Morgan fingerprint density at radius 3 is 2.62 bits per heavy atom. The van der Waals surface area contributed by atoms with E-state index in [-0.39, 0.29) is 18.1 Å². The average Bonchev–Trinajstić information content (AvgIpc) is 3.40. The maximum Gasteiger partial charge on any atom is 0.345 e. The van der Waals surface area contributed by atoms with Crippen LogP contribution in [0.25, 0.3) is 21.3 Å². The molecule has 1 fully saturated rings. The maximum atomic E-state index is 12.3. The Morgan fingerprint density at radius 2 is 1.89 bits per heavy atom. The van der Waals surface area contributed by atoms with Crippen molar-refractivity contribution in [2.24, 2.45) is 0 Å². The number of aromatic nitrogens is 2. The SMILES string of the molecule is COCCCc1sc2ncnc(O[C@H](Cc3ccccc3O)C(=O)O)c2c1-c1ccc(OCCN2CCN(C)CC2)c(Cl)c1C. The van der Waals surface area contributed by atoms with Gasteiger partial charge in [0.25, 0.3) is 0 Å². The van der Waals surface area contributed by atoms with E-state index in [9.17, 15) is 15.0 Å². The minimum Gasteiger partial charge on any atom is -0.508 e. The predicted molar refractivity (Wildman–Crippen MR) is 176 cm³/mol. The van der Waals surface area contributed by atoms with E-state index in [4.69, 9.17) is 25.8 Å². The molecule has 240 valence electrons. The summed E-state index contributed by atoms with van der Waals surface area (Å²) in [5.74, 6) is -0.378. The van der Waals surface area contributed by atoms with Gasteiger partial charge in [-0.3, -0.25) is 4.90 Å². The lowest BCUT2D eigenvalue weighted by atomic mass is 9.97. The van der Waals surface area contributed by atoms with Crippen LogP contribution in [0.4, 0.5) is 0 Å². The lowest BCUT2D eigenvalue weighted by molar-refractivity contribution is -0.145. The molecule has 2 N–H and O–H groups in total. The van der Waals surface area contributed by atoms with Crippen LogP contribution in [-0.2, 0) is 22.4 Å². The van der Waals surface area contributed by atoms with Crippen molar-refractivity contribution in [3.63, 3.8) is 0 Å². The molecule has 45 heavy (non-hydrogen) atoms. The van der Waals surface area contributed by atoms with Crippen molar-refractivity contribution in [1.29, 1.82) is 0 Å². The number of nitrogens with zero attached hydrogens (tertiary/aromatic N) is 4. The summed E-state index contributed by atoms with van der Waals surface area (Å²) in [4.78, 5) is 27.7. The summed E-state index contributed by atoms with van der Waals surface area (Å²) in [5, 5.41) is 21.5. The van der Waals surface area contributed by atoms with Crippen molar-refractivity contribution in [1.82, 2.24) is 19.8 Å². The van der Waals surface area contributed by atoms with E-state index in [1.165, 1.54) is 23.7 Å². The Balaban J connectivity index is 1.48. The van der Waals surface area contributed by atoms with Gasteiger partial charge in [0.2, 0.25) is 12.0 Å². The van der Waals surface area contributed by atoms with Gasteiger partial charge in [0.1, 0.15) is 29.3 Å². The van der Waals surface area contributed by atoms with Gasteiger partial charge in [0.15, 0.2) is 0 Å². The largest absolute Gasteiger partial charge is 0.508 e. The molecule has 0 radical (unpaired) electrons. The van der Waals surface area contributed by atoms with Crippen LogP contribution in [0.5, 0.6) is 17.4 Å². The lowest BCUT2D eigenvalue weighted by Crippen LogP contribution is -2.45.